The van der Waals surface area contributed by atoms with Gasteiger partial charge in [-0.1, -0.05) is 11.3 Å². The Hall–Kier alpha value is -1.10. The Morgan fingerprint density at radius 2 is 1.89 bits per heavy atom. The zero-order valence-electron chi connectivity index (χ0n) is 11.5. The number of anilines is 1. The van der Waals surface area contributed by atoms with E-state index in [-0.39, 0.29) is 5.97 Å². The summed E-state index contributed by atoms with van der Waals surface area (Å²) in [6.45, 7) is 4.09. The van der Waals surface area contributed by atoms with Crippen molar-refractivity contribution in [3.8, 4) is 0 Å². The van der Waals surface area contributed by atoms with Gasteiger partial charge in [-0.2, -0.15) is 0 Å². The van der Waals surface area contributed by atoms with E-state index in [1.807, 2.05) is 6.92 Å². The standard InChI is InChI=1S/C14H20N2O2S/c1-9-12(13(17)18-2)19-14(15-9)16(7-10-3-4-10)8-11-5-6-11/h10-11H,3-8H2,1-2H3. The molecule has 0 atom stereocenters. The lowest BCUT2D eigenvalue weighted by atomic mass is 10.3. The number of aromatic nitrogens is 1. The highest BCUT2D eigenvalue weighted by atomic mass is 32.1. The smallest absolute Gasteiger partial charge is 0.350 e. The van der Waals surface area contributed by atoms with Crippen LogP contribution in [-0.4, -0.2) is 31.2 Å². The van der Waals surface area contributed by atoms with Crippen LogP contribution in [-0.2, 0) is 4.74 Å². The molecule has 1 aromatic rings. The lowest BCUT2D eigenvalue weighted by Crippen LogP contribution is -2.27. The summed E-state index contributed by atoms with van der Waals surface area (Å²) in [4.78, 5) is 19.3. The van der Waals surface area contributed by atoms with E-state index in [0.717, 1.165) is 35.8 Å². The van der Waals surface area contributed by atoms with Gasteiger partial charge in [-0.05, 0) is 44.4 Å². The average molecular weight is 280 g/mol. The summed E-state index contributed by atoms with van der Waals surface area (Å²) in [6, 6.07) is 0. The number of aryl methyl sites for hydroxylation is 1. The highest BCUT2D eigenvalue weighted by molar-refractivity contribution is 7.17. The first kappa shape index (κ1) is 12.9. The van der Waals surface area contributed by atoms with E-state index in [2.05, 4.69) is 9.88 Å². The van der Waals surface area contributed by atoms with Crippen LogP contribution in [0, 0.1) is 18.8 Å². The molecular formula is C14H20N2O2S. The zero-order chi connectivity index (χ0) is 13.4. The lowest BCUT2D eigenvalue weighted by Gasteiger charge is -2.21. The SMILES string of the molecule is COC(=O)c1sc(N(CC2CC2)CC2CC2)nc1C. The molecule has 2 fully saturated rings. The van der Waals surface area contributed by atoms with Crippen molar-refractivity contribution < 1.29 is 9.53 Å². The molecule has 5 heteroatoms. The second-order valence-electron chi connectivity index (χ2n) is 5.69. The van der Waals surface area contributed by atoms with Crippen LogP contribution in [0.4, 0.5) is 5.13 Å². The normalized spacial score (nSPS) is 18.4. The Balaban J connectivity index is 1.77. The molecule has 1 heterocycles. The lowest BCUT2D eigenvalue weighted by molar-refractivity contribution is 0.0605. The van der Waals surface area contributed by atoms with Gasteiger partial charge in [0.15, 0.2) is 5.13 Å². The Bertz CT molecular complexity index is 464. The van der Waals surface area contributed by atoms with Gasteiger partial charge in [-0.15, -0.1) is 0 Å². The van der Waals surface area contributed by atoms with Crippen LogP contribution >= 0.6 is 11.3 Å². The van der Waals surface area contributed by atoms with E-state index in [1.165, 1.54) is 44.1 Å². The summed E-state index contributed by atoms with van der Waals surface area (Å²) < 4.78 is 4.81. The number of methoxy groups -OCH3 is 1. The van der Waals surface area contributed by atoms with Crippen LogP contribution in [0.5, 0.6) is 0 Å². The maximum Gasteiger partial charge on any atom is 0.350 e. The molecule has 0 amide bonds. The van der Waals surface area contributed by atoms with Gasteiger partial charge in [0.2, 0.25) is 0 Å². The van der Waals surface area contributed by atoms with Crippen molar-refractivity contribution in [2.75, 3.05) is 25.1 Å². The highest BCUT2D eigenvalue weighted by Crippen LogP contribution is 2.37. The molecule has 0 spiro atoms. The van der Waals surface area contributed by atoms with Gasteiger partial charge in [0, 0.05) is 13.1 Å². The third-order valence-corrected chi connectivity index (χ3v) is 4.98. The number of thiazole rings is 1. The number of nitrogens with zero attached hydrogens (tertiary/aromatic N) is 2. The first-order chi connectivity index (χ1) is 9.17. The molecule has 2 saturated carbocycles. The van der Waals surface area contributed by atoms with Crippen LogP contribution in [0.25, 0.3) is 0 Å². The number of carbonyl (C=O) groups is 1. The minimum atomic E-state index is -0.265. The molecule has 2 aliphatic carbocycles. The monoisotopic (exact) mass is 280 g/mol. The maximum absolute atomic E-state index is 11.7. The fourth-order valence-corrected chi connectivity index (χ4v) is 3.26. The van der Waals surface area contributed by atoms with Crippen molar-refractivity contribution in [1.82, 2.24) is 4.98 Å². The summed E-state index contributed by atoms with van der Waals surface area (Å²) in [6.07, 6.45) is 5.37. The summed E-state index contributed by atoms with van der Waals surface area (Å²) in [5, 5.41) is 0.997. The van der Waals surface area contributed by atoms with E-state index in [4.69, 9.17) is 4.74 Å². The van der Waals surface area contributed by atoms with Gasteiger partial charge in [0.1, 0.15) is 4.88 Å². The molecule has 3 rings (SSSR count). The van der Waals surface area contributed by atoms with Gasteiger partial charge in [-0.25, -0.2) is 9.78 Å². The summed E-state index contributed by atoms with van der Waals surface area (Å²) in [5.41, 5.74) is 0.795. The van der Waals surface area contributed by atoms with Crippen LogP contribution in [0.2, 0.25) is 0 Å². The van der Waals surface area contributed by atoms with E-state index >= 15 is 0 Å². The van der Waals surface area contributed by atoms with Gasteiger partial charge < -0.3 is 9.64 Å². The molecule has 0 bridgehead atoms. The number of rotatable bonds is 6. The van der Waals surface area contributed by atoms with Crippen LogP contribution < -0.4 is 4.90 Å². The number of ether oxygens (including phenoxy) is 1. The third kappa shape index (κ3) is 3.08. The number of hydrogen-bond donors (Lipinski definition) is 0. The van der Waals surface area contributed by atoms with Crippen molar-refractivity contribution in [2.24, 2.45) is 11.8 Å². The number of esters is 1. The molecule has 19 heavy (non-hydrogen) atoms. The molecule has 104 valence electrons. The molecule has 2 aliphatic rings. The predicted molar refractivity (Wildman–Crippen MR) is 75.9 cm³/mol. The summed E-state index contributed by atoms with van der Waals surface area (Å²) >= 11 is 1.48. The van der Waals surface area contributed by atoms with Gasteiger partial charge in [0.25, 0.3) is 0 Å². The number of hydrogen-bond acceptors (Lipinski definition) is 5. The van der Waals surface area contributed by atoms with Crippen LogP contribution in [0.15, 0.2) is 0 Å². The van der Waals surface area contributed by atoms with Gasteiger partial charge in [-0.3, -0.25) is 0 Å². The summed E-state index contributed by atoms with van der Waals surface area (Å²) in [5.74, 6) is 1.41. The van der Waals surface area contributed by atoms with Crippen molar-refractivity contribution in [3.63, 3.8) is 0 Å². The summed E-state index contributed by atoms with van der Waals surface area (Å²) in [7, 11) is 1.42. The molecule has 0 aliphatic heterocycles. The van der Waals surface area contributed by atoms with Crippen molar-refractivity contribution in [1.29, 1.82) is 0 Å². The zero-order valence-corrected chi connectivity index (χ0v) is 12.3. The molecule has 0 aromatic carbocycles. The molecular weight excluding hydrogens is 260 g/mol. The molecule has 0 N–H and O–H groups in total. The predicted octanol–water partition coefficient (Wildman–Crippen LogP) is 2.86. The van der Waals surface area contributed by atoms with Crippen molar-refractivity contribution >= 4 is 22.4 Å². The molecule has 0 saturated heterocycles. The molecule has 4 nitrogen and oxygen atoms in total. The number of carbonyl (C=O) groups excluding carboxylic acids is 1. The fraction of sp³-hybridized carbons (Fsp3) is 0.714. The van der Waals surface area contributed by atoms with Crippen LogP contribution in [0.3, 0.4) is 0 Å². The maximum atomic E-state index is 11.7. The Kier molecular flexibility index (Phi) is 3.48. The third-order valence-electron chi connectivity index (χ3n) is 3.78. The topological polar surface area (TPSA) is 42.4 Å². The minimum absolute atomic E-state index is 0.265. The fourth-order valence-electron chi connectivity index (χ4n) is 2.25. The second-order valence-corrected chi connectivity index (χ2v) is 6.67. The quantitative estimate of drug-likeness (QED) is 0.751. The minimum Gasteiger partial charge on any atom is -0.465 e. The first-order valence-electron chi connectivity index (χ1n) is 6.98. The Labute approximate surface area is 117 Å². The largest absolute Gasteiger partial charge is 0.465 e. The molecule has 1 aromatic heterocycles. The Morgan fingerprint density at radius 3 is 2.37 bits per heavy atom. The first-order valence-corrected chi connectivity index (χ1v) is 7.79. The Morgan fingerprint density at radius 1 is 1.32 bits per heavy atom. The van der Waals surface area contributed by atoms with Crippen LogP contribution in [0.1, 0.15) is 41.0 Å². The van der Waals surface area contributed by atoms with E-state index in [9.17, 15) is 4.79 Å². The second kappa shape index (κ2) is 5.12. The van der Waals surface area contributed by atoms with Crippen molar-refractivity contribution in [2.45, 2.75) is 32.6 Å². The van der Waals surface area contributed by atoms with E-state index < -0.39 is 0 Å². The van der Waals surface area contributed by atoms with Gasteiger partial charge in [0.05, 0.1) is 12.8 Å². The van der Waals surface area contributed by atoms with E-state index in [0.29, 0.717) is 4.88 Å². The molecule has 0 radical (unpaired) electrons. The van der Waals surface area contributed by atoms with Crippen molar-refractivity contribution in [3.05, 3.63) is 10.6 Å². The van der Waals surface area contributed by atoms with E-state index in [1.54, 1.807) is 0 Å². The highest BCUT2D eigenvalue weighted by Gasteiger charge is 2.31. The average Bonchev–Trinajstić information content (AvgIpc) is 3.30. The molecule has 0 unspecified atom stereocenters. The van der Waals surface area contributed by atoms with Gasteiger partial charge >= 0.3 is 5.97 Å².